The average Bonchev–Trinajstić information content (AvgIpc) is 2.75. The van der Waals surface area contributed by atoms with Crippen LogP contribution >= 0.6 is 0 Å². The number of non-ortho nitro benzene ring substituents is 1. The zero-order valence-corrected chi connectivity index (χ0v) is 10.9. The summed E-state index contributed by atoms with van der Waals surface area (Å²) in [6.45, 7) is 0.141. The zero-order chi connectivity index (χ0) is 15.1. The van der Waals surface area contributed by atoms with Crippen molar-refractivity contribution in [2.24, 2.45) is 0 Å². The molecule has 0 aliphatic carbocycles. The van der Waals surface area contributed by atoms with Crippen molar-refractivity contribution < 1.29 is 19.3 Å². The monoisotopic (exact) mass is 289 g/mol. The first-order chi connectivity index (χ1) is 9.97. The molecule has 1 unspecified atom stereocenters. The van der Waals surface area contributed by atoms with Gasteiger partial charge in [0.2, 0.25) is 11.8 Å². The number of carbonyl (C=O) groups excluding carboxylic acids is 3. The third-order valence-corrected chi connectivity index (χ3v) is 3.72. The summed E-state index contributed by atoms with van der Waals surface area (Å²) in [7, 11) is 0. The number of benzene rings is 1. The number of nitrogens with zero attached hydrogens (tertiary/aromatic N) is 2. The number of rotatable bonds is 2. The number of hydrogen-bond donors (Lipinski definition) is 1. The van der Waals surface area contributed by atoms with Crippen LogP contribution in [0.5, 0.6) is 0 Å². The van der Waals surface area contributed by atoms with Crippen LogP contribution in [-0.4, -0.2) is 33.6 Å². The molecule has 1 aromatic rings. The maximum absolute atomic E-state index is 12.3. The SMILES string of the molecule is O=C1CCC(N2Cc3cc([N+](=O)[O-])ccc3C2=O)C(=O)N1. The van der Waals surface area contributed by atoms with E-state index in [1.54, 1.807) is 0 Å². The number of carbonyl (C=O) groups is 3. The molecule has 0 bridgehead atoms. The van der Waals surface area contributed by atoms with Gasteiger partial charge in [-0.15, -0.1) is 0 Å². The van der Waals surface area contributed by atoms with Crippen molar-refractivity contribution in [3.63, 3.8) is 0 Å². The summed E-state index contributed by atoms with van der Waals surface area (Å²) >= 11 is 0. The predicted octanol–water partition coefficient (Wildman–Crippen LogP) is 0.356. The predicted molar refractivity (Wildman–Crippen MR) is 69.1 cm³/mol. The Kier molecular flexibility index (Phi) is 2.93. The molecular weight excluding hydrogens is 278 g/mol. The lowest BCUT2D eigenvalue weighted by atomic mass is 10.0. The van der Waals surface area contributed by atoms with E-state index in [1.165, 1.54) is 23.1 Å². The normalized spacial score (nSPS) is 21.2. The van der Waals surface area contributed by atoms with Crippen molar-refractivity contribution in [1.82, 2.24) is 10.2 Å². The lowest BCUT2D eigenvalue weighted by molar-refractivity contribution is -0.384. The lowest BCUT2D eigenvalue weighted by Gasteiger charge is -2.29. The Balaban J connectivity index is 1.88. The molecule has 108 valence electrons. The Morgan fingerprint density at radius 1 is 1.29 bits per heavy atom. The van der Waals surface area contributed by atoms with Crippen LogP contribution in [-0.2, 0) is 16.1 Å². The smallest absolute Gasteiger partial charge is 0.269 e. The molecule has 1 N–H and O–H groups in total. The van der Waals surface area contributed by atoms with Crippen molar-refractivity contribution in [3.8, 4) is 0 Å². The minimum absolute atomic E-state index is 0.0910. The number of piperidine rings is 1. The van der Waals surface area contributed by atoms with Gasteiger partial charge < -0.3 is 4.90 Å². The van der Waals surface area contributed by atoms with Crippen LogP contribution in [0.4, 0.5) is 5.69 Å². The van der Waals surface area contributed by atoms with E-state index in [0.717, 1.165) is 0 Å². The summed E-state index contributed by atoms with van der Waals surface area (Å²) in [4.78, 5) is 46.9. The van der Waals surface area contributed by atoms with Gasteiger partial charge in [-0.3, -0.25) is 29.8 Å². The van der Waals surface area contributed by atoms with Crippen molar-refractivity contribution >= 4 is 23.4 Å². The number of imide groups is 1. The molecule has 3 rings (SSSR count). The van der Waals surface area contributed by atoms with Crippen LogP contribution in [0.25, 0.3) is 0 Å². The lowest BCUT2D eigenvalue weighted by Crippen LogP contribution is -2.52. The van der Waals surface area contributed by atoms with E-state index in [0.29, 0.717) is 11.1 Å². The minimum atomic E-state index is -0.707. The molecule has 3 amide bonds. The summed E-state index contributed by atoms with van der Waals surface area (Å²) in [5, 5.41) is 13.0. The van der Waals surface area contributed by atoms with Gasteiger partial charge in [-0.2, -0.15) is 0 Å². The highest BCUT2D eigenvalue weighted by molar-refractivity contribution is 6.05. The molecular formula is C13H11N3O5. The van der Waals surface area contributed by atoms with Gasteiger partial charge in [0.1, 0.15) is 6.04 Å². The van der Waals surface area contributed by atoms with E-state index < -0.39 is 16.9 Å². The fraction of sp³-hybridized carbons (Fsp3) is 0.308. The first-order valence-electron chi connectivity index (χ1n) is 6.39. The van der Waals surface area contributed by atoms with Gasteiger partial charge in [-0.05, 0) is 18.1 Å². The van der Waals surface area contributed by atoms with Crippen LogP contribution in [0, 0.1) is 10.1 Å². The highest BCUT2D eigenvalue weighted by Gasteiger charge is 2.39. The molecule has 2 aliphatic rings. The maximum Gasteiger partial charge on any atom is 0.269 e. The standard InChI is InChI=1S/C13H11N3O5/c17-11-4-3-10(12(18)14-11)15-6-7-5-8(16(20)21)1-2-9(7)13(15)19/h1-2,5,10H,3-4,6H2,(H,14,17,18). The summed E-state index contributed by atoms with van der Waals surface area (Å²) in [5.41, 5.74) is 0.802. The molecule has 1 aromatic carbocycles. The molecule has 0 aromatic heterocycles. The van der Waals surface area contributed by atoms with Crippen molar-refractivity contribution in [2.45, 2.75) is 25.4 Å². The Bertz CT molecular complexity index is 684. The van der Waals surface area contributed by atoms with Gasteiger partial charge in [0, 0.05) is 30.7 Å². The average molecular weight is 289 g/mol. The molecule has 1 fully saturated rings. The van der Waals surface area contributed by atoms with Crippen LogP contribution in [0.15, 0.2) is 18.2 Å². The second-order valence-corrected chi connectivity index (χ2v) is 5.00. The molecule has 8 heteroatoms. The van der Waals surface area contributed by atoms with E-state index in [1.807, 2.05) is 0 Å². The molecule has 2 heterocycles. The van der Waals surface area contributed by atoms with Crippen molar-refractivity contribution in [3.05, 3.63) is 39.4 Å². The van der Waals surface area contributed by atoms with Crippen LogP contribution in [0.3, 0.4) is 0 Å². The molecule has 2 aliphatic heterocycles. The number of fused-ring (bicyclic) bond motifs is 1. The molecule has 1 atom stereocenters. The van der Waals surface area contributed by atoms with Crippen molar-refractivity contribution in [1.29, 1.82) is 0 Å². The molecule has 21 heavy (non-hydrogen) atoms. The summed E-state index contributed by atoms with van der Waals surface area (Å²) in [6.07, 6.45) is 0.448. The van der Waals surface area contributed by atoms with Crippen LogP contribution in [0.2, 0.25) is 0 Å². The van der Waals surface area contributed by atoms with E-state index in [9.17, 15) is 24.5 Å². The molecule has 1 saturated heterocycles. The van der Waals surface area contributed by atoms with Gasteiger partial charge in [0.15, 0.2) is 0 Å². The van der Waals surface area contributed by atoms with Gasteiger partial charge in [-0.25, -0.2) is 0 Å². The summed E-state index contributed by atoms with van der Waals surface area (Å²) in [5.74, 6) is -1.19. The molecule has 0 radical (unpaired) electrons. The Morgan fingerprint density at radius 2 is 2.05 bits per heavy atom. The number of hydrogen-bond acceptors (Lipinski definition) is 5. The number of nitrogens with one attached hydrogen (secondary N) is 1. The Labute approximate surface area is 118 Å². The molecule has 0 saturated carbocycles. The van der Waals surface area contributed by atoms with Crippen molar-refractivity contribution in [2.75, 3.05) is 0 Å². The van der Waals surface area contributed by atoms with Gasteiger partial charge in [0.25, 0.3) is 11.6 Å². The van der Waals surface area contributed by atoms with Gasteiger partial charge in [-0.1, -0.05) is 0 Å². The molecule has 0 spiro atoms. The molecule has 8 nitrogen and oxygen atoms in total. The highest BCUT2D eigenvalue weighted by Crippen LogP contribution is 2.29. The van der Waals surface area contributed by atoms with E-state index >= 15 is 0 Å². The second-order valence-electron chi connectivity index (χ2n) is 5.00. The fourth-order valence-corrected chi connectivity index (χ4v) is 2.67. The third-order valence-electron chi connectivity index (χ3n) is 3.72. The number of nitro groups is 1. The Hall–Kier alpha value is -2.77. The largest absolute Gasteiger partial charge is 0.322 e. The third kappa shape index (κ3) is 2.14. The minimum Gasteiger partial charge on any atom is -0.322 e. The number of nitro benzene ring substituents is 1. The number of amides is 3. The Morgan fingerprint density at radius 3 is 2.71 bits per heavy atom. The van der Waals surface area contributed by atoms with E-state index in [2.05, 4.69) is 5.32 Å². The second kappa shape index (κ2) is 4.65. The highest BCUT2D eigenvalue weighted by atomic mass is 16.6. The van der Waals surface area contributed by atoms with Crippen LogP contribution < -0.4 is 5.32 Å². The van der Waals surface area contributed by atoms with E-state index in [4.69, 9.17) is 0 Å². The topological polar surface area (TPSA) is 110 Å². The first kappa shape index (κ1) is 13.2. The maximum atomic E-state index is 12.3. The fourth-order valence-electron chi connectivity index (χ4n) is 2.67. The summed E-state index contributed by atoms with van der Waals surface area (Å²) in [6, 6.07) is 3.31. The summed E-state index contributed by atoms with van der Waals surface area (Å²) < 4.78 is 0. The van der Waals surface area contributed by atoms with Gasteiger partial charge in [0.05, 0.1) is 4.92 Å². The zero-order valence-electron chi connectivity index (χ0n) is 10.9. The van der Waals surface area contributed by atoms with Crippen LogP contribution in [0.1, 0.15) is 28.8 Å². The first-order valence-corrected chi connectivity index (χ1v) is 6.39. The quantitative estimate of drug-likeness (QED) is 0.480. The van der Waals surface area contributed by atoms with E-state index in [-0.39, 0.29) is 36.9 Å². The van der Waals surface area contributed by atoms with Gasteiger partial charge >= 0.3 is 0 Å².